The van der Waals surface area contributed by atoms with Crippen LogP contribution in [-0.4, -0.2) is 58.7 Å². The number of hydrogen-bond donors (Lipinski definition) is 1. The fourth-order valence-electron chi connectivity index (χ4n) is 3.44. The first-order chi connectivity index (χ1) is 9.86. The van der Waals surface area contributed by atoms with Crippen LogP contribution in [0.2, 0.25) is 0 Å². The van der Waals surface area contributed by atoms with E-state index < -0.39 is 0 Å². The van der Waals surface area contributed by atoms with Gasteiger partial charge in [-0.2, -0.15) is 0 Å². The normalized spacial score (nSPS) is 23.1. The predicted molar refractivity (Wildman–Crippen MR) is 83.2 cm³/mol. The van der Waals surface area contributed by atoms with E-state index in [4.69, 9.17) is 0 Å². The number of likely N-dealkylation sites (tertiary alicyclic amines) is 2. The van der Waals surface area contributed by atoms with Crippen LogP contribution in [0.1, 0.15) is 37.8 Å². The number of aromatic nitrogens is 2. The molecular weight excluding hydrogens is 270 g/mol. The Kier molecular flexibility index (Phi) is 4.86. The molecule has 0 aliphatic carbocycles. The molecular formula is C14H25N5S. The number of nitrogens with zero attached hydrogens (tertiary/aromatic N) is 4. The van der Waals surface area contributed by atoms with Crippen LogP contribution < -0.4 is 5.32 Å². The lowest BCUT2D eigenvalue weighted by Gasteiger charge is -2.40. The molecule has 0 atom stereocenters. The van der Waals surface area contributed by atoms with Gasteiger partial charge in [-0.05, 0) is 38.8 Å². The smallest absolute Gasteiger partial charge is 0.134 e. The number of hydrogen-bond acceptors (Lipinski definition) is 6. The van der Waals surface area contributed by atoms with Gasteiger partial charge >= 0.3 is 0 Å². The number of piperidine rings is 2. The highest BCUT2D eigenvalue weighted by atomic mass is 32.1. The average Bonchev–Trinajstić information content (AvgIpc) is 2.96. The van der Waals surface area contributed by atoms with E-state index in [9.17, 15) is 0 Å². The Morgan fingerprint density at radius 1 is 1.15 bits per heavy atom. The summed E-state index contributed by atoms with van der Waals surface area (Å²) in [6.45, 7) is 5.98. The second kappa shape index (κ2) is 6.83. The van der Waals surface area contributed by atoms with E-state index in [1.54, 1.807) is 0 Å². The maximum atomic E-state index is 4.24. The van der Waals surface area contributed by atoms with Crippen molar-refractivity contribution in [3.63, 3.8) is 0 Å². The van der Waals surface area contributed by atoms with Gasteiger partial charge in [-0.3, -0.25) is 4.90 Å². The van der Waals surface area contributed by atoms with Gasteiger partial charge in [-0.25, -0.2) is 0 Å². The van der Waals surface area contributed by atoms with Gasteiger partial charge in [0.2, 0.25) is 0 Å². The summed E-state index contributed by atoms with van der Waals surface area (Å²) < 4.78 is 4.04. The van der Waals surface area contributed by atoms with Crippen molar-refractivity contribution in [2.45, 2.75) is 44.7 Å². The summed E-state index contributed by atoms with van der Waals surface area (Å²) in [5, 5.41) is 8.54. The molecule has 0 aromatic carbocycles. The Bertz CT molecular complexity index is 407. The summed E-state index contributed by atoms with van der Waals surface area (Å²) >= 11 is 1.45. The standard InChI is InChI=1S/C14H25N5S/c1-15-14-13(16-17-20-14)11-18-9-5-12(6-10-18)19-7-3-2-4-8-19/h12,15H,2-11H2,1H3. The van der Waals surface area contributed by atoms with Gasteiger partial charge in [-0.15, -0.1) is 5.10 Å². The van der Waals surface area contributed by atoms with Crippen LogP contribution in [0.15, 0.2) is 0 Å². The highest BCUT2D eigenvalue weighted by molar-refractivity contribution is 7.10. The molecule has 0 bridgehead atoms. The predicted octanol–water partition coefficient (Wildman–Crippen LogP) is 2.03. The molecule has 20 heavy (non-hydrogen) atoms. The topological polar surface area (TPSA) is 44.3 Å². The van der Waals surface area contributed by atoms with E-state index in [2.05, 4.69) is 24.7 Å². The van der Waals surface area contributed by atoms with Crippen LogP contribution >= 0.6 is 11.5 Å². The highest BCUT2D eigenvalue weighted by Crippen LogP contribution is 2.24. The molecule has 3 heterocycles. The van der Waals surface area contributed by atoms with Gasteiger partial charge in [0, 0.05) is 44.3 Å². The Hall–Kier alpha value is -0.720. The maximum Gasteiger partial charge on any atom is 0.134 e. The van der Waals surface area contributed by atoms with E-state index in [-0.39, 0.29) is 0 Å². The van der Waals surface area contributed by atoms with Crippen molar-refractivity contribution in [1.29, 1.82) is 0 Å². The number of nitrogens with one attached hydrogen (secondary N) is 1. The van der Waals surface area contributed by atoms with E-state index in [0.717, 1.165) is 23.3 Å². The number of anilines is 1. The monoisotopic (exact) mass is 295 g/mol. The molecule has 2 aliphatic heterocycles. The van der Waals surface area contributed by atoms with Crippen molar-refractivity contribution in [3.8, 4) is 0 Å². The van der Waals surface area contributed by atoms with E-state index in [1.807, 2.05) is 7.05 Å². The van der Waals surface area contributed by atoms with Crippen molar-refractivity contribution < 1.29 is 0 Å². The molecule has 0 unspecified atom stereocenters. The summed E-state index contributed by atoms with van der Waals surface area (Å²) in [4.78, 5) is 5.25. The summed E-state index contributed by atoms with van der Waals surface area (Å²) in [5.74, 6) is 0. The molecule has 0 saturated carbocycles. The van der Waals surface area contributed by atoms with Crippen molar-refractivity contribution >= 4 is 16.5 Å². The Labute approximate surface area is 125 Å². The molecule has 6 heteroatoms. The average molecular weight is 295 g/mol. The lowest BCUT2D eigenvalue weighted by Crippen LogP contribution is -2.46. The first-order valence-corrected chi connectivity index (χ1v) is 8.59. The third-order valence-electron chi connectivity index (χ3n) is 4.62. The van der Waals surface area contributed by atoms with Gasteiger partial charge < -0.3 is 10.2 Å². The first-order valence-electron chi connectivity index (χ1n) is 7.82. The molecule has 1 N–H and O–H groups in total. The van der Waals surface area contributed by atoms with Gasteiger partial charge in [0.05, 0.1) is 0 Å². The quantitative estimate of drug-likeness (QED) is 0.921. The van der Waals surface area contributed by atoms with Gasteiger partial charge in [0.15, 0.2) is 0 Å². The molecule has 1 aromatic heterocycles. The molecule has 2 saturated heterocycles. The Morgan fingerprint density at radius 2 is 1.90 bits per heavy atom. The van der Waals surface area contributed by atoms with Crippen LogP contribution in [0.4, 0.5) is 5.00 Å². The SMILES string of the molecule is CNc1snnc1CN1CCC(N2CCCCC2)CC1. The highest BCUT2D eigenvalue weighted by Gasteiger charge is 2.26. The third kappa shape index (κ3) is 3.30. The van der Waals surface area contributed by atoms with Crippen LogP contribution in [0, 0.1) is 0 Å². The molecule has 112 valence electrons. The summed E-state index contributed by atoms with van der Waals surface area (Å²) in [6, 6.07) is 0.823. The minimum Gasteiger partial charge on any atom is -0.377 e. The lowest BCUT2D eigenvalue weighted by atomic mass is 10.00. The van der Waals surface area contributed by atoms with Crippen molar-refractivity contribution in [2.75, 3.05) is 38.5 Å². The van der Waals surface area contributed by atoms with Gasteiger partial charge in [-0.1, -0.05) is 10.9 Å². The molecule has 1 aromatic rings. The van der Waals surface area contributed by atoms with Gasteiger partial charge in [0.25, 0.3) is 0 Å². The van der Waals surface area contributed by atoms with Crippen molar-refractivity contribution in [3.05, 3.63) is 5.69 Å². The summed E-state index contributed by atoms with van der Waals surface area (Å²) in [7, 11) is 1.95. The minimum absolute atomic E-state index is 0.823. The fourth-order valence-corrected chi connectivity index (χ4v) is 3.96. The van der Waals surface area contributed by atoms with Gasteiger partial charge in [0.1, 0.15) is 10.7 Å². The first kappa shape index (κ1) is 14.2. The van der Waals surface area contributed by atoms with Crippen LogP contribution in [-0.2, 0) is 6.54 Å². The zero-order valence-electron chi connectivity index (χ0n) is 12.3. The molecule has 2 fully saturated rings. The summed E-state index contributed by atoms with van der Waals surface area (Å²) in [5.41, 5.74) is 1.11. The molecule has 0 amide bonds. The largest absolute Gasteiger partial charge is 0.377 e. The van der Waals surface area contributed by atoms with E-state index in [1.165, 1.54) is 69.8 Å². The van der Waals surface area contributed by atoms with Crippen LogP contribution in [0.25, 0.3) is 0 Å². The molecule has 0 spiro atoms. The molecule has 3 rings (SSSR count). The Balaban J connectivity index is 1.48. The fraction of sp³-hybridized carbons (Fsp3) is 0.857. The van der Waals surface area contributed by atoms with Crippen molar-refractivity contribution in [1.82, 2.24) is 19.4 Å². The maximum absolute atomic E-state index is 4.24. The zero-order chi connectivity index (χ0) is 13.8. The van der Waals surface area contributed by atoms with Crippen LogP contribution in [0.3, 0.4) is 0 Å². The minimum atomic E-state index is 0.823. The van der Waals surface area contributed by atoms with E-state index in [0.29, 0.717) is 0 Å². The zero-order valence-corrected chi connectivity index (χ0v) is 13.2. The molecule has 2 aliphatic rings. The van der Waals surface area contributed by atoms with E-state index >= 15 is 0 Å². The lowest BCUT2D eigenvalue weighted by molar-refractivity contribution is 0.0892. The molecule has 5 nitrogen and oxygen atoms in total. The number of rotatable bonds is 4. The second-order valence-electron chi connectivity index (χ2n) is 5.90. The Morgan fingerprint density at radius 3 is 2.60 bits per heavy atom. The van der Waals surface area contributed by atoms with Crippen molar-refractivity contribution in [2.24, 2.45) is 0 Å². The second-order valence-corrected chi connectivity index (χ2v) is 6.66. The van der Waals surface area contributed by atoms with Crippen LogP contribution in [0.5, 0.6) is 0 Å². The third-order valence-corrected chi connectivity index (χ3v) is 5.41. The molecule has 0 radical (unpaired) electrons. The summed E-state index contributed by atoms with van der Waals surface area (Å²) in [6.07, 6.45) is 6.85.